The van der Waals surface area contributed by atoms with E-state index < -0.39 is 0 Å². The van der Waals surface area contributed by atoms with E-state index in [9.17, 15) is 0 Å². The molecule has 3 nitrogen and oxygen atoms in total. The first-order chi connectivity index (χ1) is 9.06. The van der Waals surface area contributed by atoms with Gasteiger partial charge in [-0.1, -0.05) is 27.7 Å². The maximum absolute atomic E-state index is 3.34. The molecule has 0 aromatic heterocycles. The highest BCUT2D eigenvalue weighted by Gasteiger charge is 2.22. The zero-order valence-corrected chi connectivity index (χ0v) is 12.9. The minimum atomic E-state index is 0.544. The predicted octanol–water partition coefficient (Wildman–Crippen LogP) is 3.23. The number of hydrogen-bond acceptors (Lipinski definition) is 3. The summed E-state index contributed by atoms with van der Waals surface area (Å²) in [5, 5.41) is 0. The molecule has 0 unspecified atom stereocenters. The molecule has 1 saturated heterocycles. The molecular formula is C16H29N3. The number of hydrogen-bond donors (Lipinski definition) is 2. The number of nitrogens with zero attached hydrogens (tertiary/aromatic N) is 1. The average molecular weight is 263 g/mol. The van der Waals surface area contributed by atoms with E-state index in [4.69, 9.17) is 0 Å². The van der Waals surface area contributed by atoms with Gasteiger partial charge in [-0.3, -0.25) is 5.43 Å². The molecule has 3 heteroatoms. The predicted molar refractivity (Wildman–Crippen MR) is 81.0 cm³/mol. The van der Waals surface area contributed by atoms with Crippen molar-refractivity contribution >= 4 is 0 Å². The molecule has 2 N–H and O–H groups in total. The summed E-state index contributed by atoms with van der Waals surface area (Å²) in [5.74, 6) is 3.53. The topological polar surface area (TPSA) is 27.3 Å². The van der Waals surface area contributed by atoms with Gasteiger partial charge in [0.25, 0.3) is 0 Å². The van der Waals surface area contributed by atoms with Gasteiger partial charge in [0, 0.05) is 18.8 Å². The van der Waals surface area contributed by atoms with Crippen molar-refractivity contribution in [3.8, 4) is 0 Å². The van der Waals surface area contributed by atoms with Gasteiger partial charge in [0.05, 0.1) is 0 Å². The Hall–Kier alpha value is -1.12. The third-order valence-corrected chi connectivity index (χ3v) is 4.14. The van der Waals surface area contributed by atoms with E-state index in [1.807, 2.05) is 0 Å². The largest absolute Gasteiger partial charge is 0.357 e. The van der Waals surface area contributed by atoms with Crippen LogP contribution in [0.15, 0.2) is 23.7 Å². The fraction of sp³-hybridized carbons (Fsp3) is 0.750. The molecule has 108 valence electrons. The van der Waals surface area contributed by atoms with Crippen LogP contribution in [0, 0.1) is 17.8 Å². The number of piperidine rings is 1. The molecule has 0 aromatic carbocycles. The Morgan fingerprint density at radius 3 is 2.26 bits per heavy atom. The van der Waals surface area contributed by atoms with Crippen molar-refractivity contribution in [2.75, 3.05) is 13.1 Å². The van der Waals surface area contributed by atoms with Crippen LogP contribution in [0.5, 0.6) is 0 Å². The van der Waals surface area contributed by atoms with Gasteiger partial charge in [0.15, 0.2) is 0 Å². The third kappa shape index (κ3) is 3.92. The molecule has 0 atom stereocenters. The number of allylic oxidation sites excluding steroid dienone is 3. The Morgan fingerprint density at radius 1 is 1.11 bits per heavy atom. The Bertz CT molecular complexity index is 347. The maximum Gasteiger partial charge on any atom is 0.120 e. The van der Waals surface area contributed by atoms with E-state index >= 15 is 0 Å². The van der Waals surface area contributed by atoms with Crippen LogP contribution in [0.1, 0.15) is 47.0 Å². The van der Waals surface area contributed by atoms with Crippen LogP contribution < -0.4 is 10.9 Å². The smallest absolute Gasteiger partial charge is 0.120 e. The summed E-state index contributed by atoms with van der Waals surface area (Å²) in [4.78, 5) is 2.47. The van der Waals surface area contributed by atoms with Gasteiger partial charge in [-0.25, -0.2) is 0 Å². The van der Waals surface area contributed by atoms with E-state index in [1.165, 1.54) is 43.9 Å². The molecule has 2 rings (SSSR count). The van der Waals surface area contributed by atoms with E-state index in [0.29, 0.717) is 5.92 Å². The molecule has 2 aliphatic heterocycles. The maximum atomic E-state index is 3.34. The molecule has 2 heterocycles. The second-order valence-corrected chi connectivity index (χ2v) is 6.64. The zero-order valence-electron chi connectivity index (χ0n) is 12.9. The highest BCUT2D eigenvalue weighted by atomic mass is 15.4. The summed E-state index contributed by atoms with van der Waals surface area (Å²) in [7, 11) is 0. The monoisotopic (exact) mass is 263 g/mol. The molecule has 0 radical (unpaired) electrons. The second kappa shape index (κ2) is 6.36. The molecule has 0 amide bonds. The van der Waals surface area contributed by atoms with Gasteiger partial charge >= 0.3 is 0 Å². The quantitative estimate of drug-likeness (QED) is 0.815. The minimum absolute atomic E-state index is 0.544. The summed E-state index contributed by atoms with van der Waals surface area (Å²) >= 11 is 0. The van der Waals surface area contributed by atoms with Gasteiger partial charge < -0.3 is 10.3 Å². The number of hydrazine groups is 1. The Morgan fingerprint density at radius 2 is 1.79 bits per heavy atom. The van der Waals surface area contributed by atoms with Crippen molar-refractivity contribution in [3.05, 3.63) is 23.7 Å². The summed E-state index contributed by atoms with van der Waals surface area (Å²) < 4.78 is 0. The minimum Gasteiger partial charge on any atom is -0.357 e. The Balaban J connectivity index is 1.85. The first-order valence-corrected chi connectivity index (χ1v) is 7.75. The van der Waals surface area contributed by atoms with Crippen LogP contribution >= 0.6 is 0 Å². The number of rotatable bonds is 4. The van der Waals surface area contributed by atoms with Crippen molar-refractivity contribution in [2.45, 2.75) is 47.0 Å². The Labute approximate surface area is 118 Å². The lowest BCUT2D eigenvalue weighted by Crippen LogP contribution is -2.44. The number of nitrogens with one attached hydrogen (secondary N) is 2. The van der Waals surface area contributed by atoms with E-state index in [0.717, 1.165) is 11.8 Å². The molecule has 0 aromatic rings. The molecule has 0 spiro atoms. The lowest BCUT2D eigenvalue weighted by molar-refractivity contribution is 0.193. The highest BCUT2D eigenvalue weighted by molar-refractivity contribution is 5.21. The van der Waals surface area contributed by atoms with Crippen molar-refractivity contribution in [1.29, 1.82) is 0 Å². The van der Waals surface area contributed by atoms with Crippen LogP contribution in [0.2, 0.25) is 0 Å². The molecule has 0 bridgehead atoms. The lowest BCUT2D eigenvalue weighted by atomic mass is 9.88. The summed E-state index contributed by atoms with van der Waals surface area (Å²) in [6.07, 6.45) is 8.47. The lowest BCUT2D eigenvalue weighted by Gasteiger charge is -2.37. The van der Waals surface area contributed by atoms with Crippen molar-refractivity contribution in [2.24, 2.45) is 17.8 Å². The normalized spacial score (nSPS) is 21.1. The second-order valence-electron chi connectivity index (χ2n) is 6.64. The molecule has 1 fully saturated rings. The average Bonchev–Trinajstić information content (AvgIpc) is 2.39. The van der Waals surface area contributed by atoms with E-state index in [-0.39, 0.29) is 0 Å². The fourth-order valence-electron chi connectivity index (χ4n) is 2.99. The fourth-order valence-corrected chi connectivity index (χ4v) is 2.99. The standard InChI is InChI=1S/C16H29N3/c1-12(2)11-14-7-9-19(10-8-14)16-6-5-15(13(3)4)17-18-16/h5-6,12-14,17-18H,7-11H2,1-4H3. The molecular weight excluding hydrogens is 234 g/mol. The molecule has 0 saturated carbocycles. The highest BCUT2D eigenvalue weighted by Crippen LogP contribution is 2.25. The summed E-state index contributed by atoms with van der Waals surface area (Å²) in [5.41, 5.74) is 7.92. The van der Waals surface area contributed by atoms with Crippen molar-refractivity contribution in [3.63, 3.8) is 0 Å². The van der Waals surface area contributed by atoms with E-state index in [2.05, 4.69) is 55.6 Å². The number of likely N-dealkylation sites (tertiary alicyclic amines) is 1. The van der Waals surface area contributed by atoms with Gasteiger partial charge in [-0.15, -0.1) is 0 Å². The van der Waals surface area contributed by atoms with Gasteiger partial charge in [-0.2, -0.15) is 0 Å². The van der Waals surface area contributed by atoms with Crippen LogP contribution in [0.25, 0.3) is 0 Å². The third-order valence-electron chi connectivity index (χ3n) is 4.14. The van der Waals surface area contributed by atoms with Crippen LogP contribution in [-0.2, 0) is 0 Å². The first-order valence-electron chi connectivity index (χ1n) is 7.75. The Kier molecular flexibility index (Phi) is 4.78. The van der Waals surface area contributed by atoms with Gasteiger partial charge in [0.1, 0.15) is 5.82 Å². The zero-order chi connectivity index (χ0) is 13.8. The van der Waals surface area contributed by atoms with Crippen LogP contribution in [-0.4, -0.2) is 18.0 Å². The van der Waals surface area contributed by atoms with E-state index in [1.54, 1.807) is 0 Å². The SMILES string of the molecule is CC(C)CC1CCN(C2=CC=C(C(C)C)NN2)CC1. The van der Waals surface area contributed by atoms with Gasteiger partial charge in [-0.05, 0) is 49.2 Å². The van der Waals surface area contributed by atoms with Crippen molar-refractivity contribution < 1.29 is 0 Å². The van der Waals surface area contributed by atoms with Crippen LogP contribution in [0.3, 0.4) is 0 Å². The molecule has 19 heavy (non-hydrogen) atoms. The molecule has 0 aliphatic carbocycles. The summed E-state index contributed by atoms with van der Waals surface area (Å²) in [6.45, 7) is 11.4. The first kappa shape index (κ1) is 14.3. The molecule has 2 aliphatic rings. The van der Waals surface area contributed by atoms with Gasteiger partial charge in [0.2, 0.25) is 0 Å². The summed E-state index contributed by atoms with van der Waals surface area (Å²) in [6, 6.07) is 0. The van der Waals surface area contributed by atoms with Crippen molar-refractivity contribution in [1.82, 2.24) is 15.8 Å². The van der Waals surface area contributed by atoms with Crippen LogP contribution in [0.4, 0.5) is 0 Å².